The maximum atomic E-state index is 5.69. The van der Waals surface area contributed by atoms with Gasteiger partial charge in [-0.25, -0.2) is 0 Å². The average molecular weight is 329 g/mol. The number of hydrogen-bond acceptors (Lipinski definition) is 4. The van der Waals surface area contributed by atoms with Crippen LogP contribution in [0.3, 0.4) is 0 Å². The van der Waals surface area contributed by atoms with Crippen LogP contribution in [0.1, 0.15) is 42.6 Å². The summed E-state index contributed by atoms with van der Waals surface area (Å²) in [5.74, 6) is 0.898. The topological polar surface area (TPSA) is 48.3 Å². The Labute approximate surface area is 144 Å². The molecular weight excluding hydrogens is 302 g/mol. The molecule has 1 N–H and O–H groups in total. The van der Waals surface area contributed by atoms with Crippen molar-refractivity contribution in [3.8, 4) is 5.75 Å². The van der Waals surface area contributed by atoms with E-state index in [2.05, 4.69) is 34.2 Å². The van der Waals surface area contributed by atoms with Crippen molar-refractivity contribution in [2.24, 2.45) is 0 Å². The van der Waals surface area contributed by atoms with Crippen LogP contribution < -0.4 is 10.1 Å². The van der Waals surface area contributed by atoms with Crippen molar-refractivity contribution in [1.29, 1.82) is 0 Å². The van der Waals surface area contributed by atoms with Crippen molar-refractivity contribution in [2.45, 2.75) is 45.3 Å². The fourth-order valence-corrected chi connectivity index (χ4v) is 3.33. The van der Waals surface area contributed by atoms with Crippen LogP contribution in [0.15, 0.2) is 30.5 Å². The Bertz CT molecular complexity index is 654. The van der Waals surface area contributed by atoms with Crippen LogP contribution in [0.2, 0.25) is 0 Å². The molecule has 5 heteroatoms. The third-order valence-electron chi connectivity index (χ3n) is 4.57. The second-order valence-corrected chi connectivity index (χ2v) is 6.18. The van der Waals surface area contributed by atoms with Crippen LogP contribution in [-0.4, -0.2) is 30.1 Å². The number of hydrogen-bond donors (Lipinski definition) is 1. The number of aryl methyl sites for hydroxylation is 1. The fraction of sp³-hybridized carbons (Fsp3) is 0.526. The summed E-state index contributed by atoms with van der Waals surface area (Å²) in [7, 11) is 1.68. The molecule has 3 rings (SSSR count). The van der Waals surface area contributed by atoms with E-state index in [1.54, 1.807) is 7.11 Å². The minimum Gasteiger partial charge on any atom is -0.491 e. The van der Waals surface area contributed by atoms with Crippen LogP contribution in [0, 0.1) is 0 Å². The maximum Gasteiger partial charge on any atom is 0.119 e. The van der Waals surface area contributed by atoms with Crippen molar-refractivity contribution >= 4 is 0 Å². The van der Waals surface area contributed by atoms with Gasteiger partial charge in [0.25, 0.3) is 0 Å². The van der Waals surface area contributed by atoms with E-state index in [-0.39, 0.29) is 0 Å². The maximum absolute atomic E-state index is 5.69. The number of ether oxygens (including phenoxy) is 2. The van der Waals surface area contributed by atoms with Crippen molar-refractivity contribution in [3.63, 3.8) is 0 Å². The molecule has 0 aliphatic heterocycles. The van der Waals surface area contributed by atoms with Crippen LogP contribution >= 0.6 is 0 Å². The average Bonchev–Trinajstić information content (AvgIpc) is 3.04. The van der Waals surface area contributed by atoms with Gasteiger partial charge in [0, 0.05) is 37.5 Å². The Kier molecular flexibility index (Phi) is 5.88. The molecule has 1 atom stereocenters. The molecule has 2 aromatic rings. The monoisotopic (exact) mass is 329 g/mol. The van der Waals surface area contributed by atoms with Crippen molar-refractivity contribution in [3.05, 3.63) is 47.3 Å². The SMILES string of the molecule is CCn1ncc2c1CCC[C@@H]2NCc1cccc(OCCOC)c1. The van der Waals surface area contributed by atoms with E-state index < -0.39 is 0 Å². The molecule has 0 spiro atoms. The van der Waals surface area contributed by atoms with E-state index in [0.717, 1.165) is 25.3 Å². The smallest absolute Gasteiger partial charge is 0.119 e. The Morgan fingerprint density at radius 2 is 2.25 bits per heavy atom. The molecule has 1 aromatic carbocycles. The highest BCUT2D eigenvalue weighted by Crippen LogP contribution is 2.30. The van der Waals surface area contributed by atoms with Crippen LogP contribution in [0.25, 0.3) is 0 Å². The lowest BCUT2D eigenvalue weighted by molar-refractivity contribution is 0.146. The highest BCUT2D eigenvalue weighted by atomic mass is 16.5. The van der Waals surface area contributed by atoms with E-state index in [0.29, 0.717) is 19.3 Å². The fourth-order valence-electron chi connectivity index (χ4n) is 3.33. The van der Waals surface area contributed by atoms with Crippen molar-refractivity contribution in [2.75, 3.05) is 20.3 Å². The molecule has 0 bridgehead atoms. The molecule has 0 fully saturated rings. The Hall–Kier alpha value is -1.85. The van der Waals surface area contributed by atoms with Gasteiger partial charge in [-0.05, 0) is 43.9 Å². The van der Waals surface area contributed by atoms with E-state index >= 15 is 0 Å². The molecule has 1 aliphatic rings. The largest absolute Gasteiger partial charge is 0.491 e. The molecule has 0 unspecified atom stereocenters. The summed E-state index contributed by atoms with van der Waals surface area (Å²) in [5, 5.41) is 8.21. The summed E-state index contributed by atoms with van der Waals surface area (Å²) < 4.78 is 12.8. The number of rotatable bonds is 8. The first-order valence-corrected chi connectivity index (χ1v) is 8.80. The summed E-state index contributed by atoms with van der Waals surface area (Å²) in [6.07, 6.45) is 5.58. The van der Waals surface area contributed by atoms with Crippen molar-refractivity contribution in [1.82, 2.24) is 15.1 Å². The standard InChI is InChI=1S/C19H27N3O2/c1-3-22-19-9-5-8-18(17(19)14-21-22)20-13-15-6-4-7-16(12-15)24-11-10-23-2/h4,6-7,12,14,18,20H,3,5,8-11,13H2,1-2H3/t18-/m0/s1. The molecule has 0 radical (unpaired) electrons. The Morgan fingerprint density at radius 3 is 3.08 bits per heavy atom. The Morgan fingerprint density at radius 1 is 1.33 bits per heavy atom. The third-order valence-corrected chi connectivity index (χ3v) is 4.57. The first-order valence-electron chi connectivity index (χ1n) is 8.80. The third kappa shape index (κ3) is 3.97. The first-order chi connectivity index (χ1) is 11.8. The second kappa shape index (κ2) is 8.31. The van der Waals surface area contributed by atoms with Crippen LogP contribution in [0.5, 0.6) is 5.75 Å². The van der Waals surface area contributed by atoms with Gasteiger partial charge in [0.15, 0.2) is 0 Å². The van der Waals surface area contributed by atoms with E-state index in [4.69, 9.17) is 9.47 Å². The van der Waals surface area contributed by atoms with Gasteiger partial charge in [-0.15, -0.1) is 0 Å². The molecule has 1 aliphatic carbocycles. The lowest BCUT2D eigenvalue weighted by Gasteiger charge is -2.24. The normalized spacial score (nSPS) is 16.8. The summed E-state index contributed by atoms with van der Waals surface area (Å²) >= 11 is 0. The second-order valence-electron chi connectivity index (χ2n) is 6.18. The molecule has 0 saturated heterocycles. The molecule has 1 heterocycles. The van der Waals surface area contributed by atoms with Gasteiger partial charge in [-0.1, -0.05) is 12.1 Å². The zero-order valence-electron chi connectivity index (χ0n) is 14.6. The minimum absolute atomic E-state index is 0.395. The number of aromatic nitrogens is 2. The van der Waals surface area contributed by atoms with E-state index in [1.165, 1.54) is 29.7 Å². The summed E-state index contributed by atoms with van der Waals surface area (Å²) in [5.41, 5.74) is 4.01. The van der Waals surface area contributed by atoms with Gasteiger partial charge in [-0.3, -0.25) is 4.68 Å². The lowest BCUT2D eigenvalue weighted by Crippen LogP contribution is -2.25. The zero-order chi connectivity index (χ0) is 16.8. The Balaban J connectivity index is 1.60. The number of nitrogens with one attached hydrogen (secondary N) is 1. The van der Waals surface area contributed by atoms with Gasteiger partial charge in [0.05, 0.1) is 12.8 Å². The summed E-state index contributed by atoms with van der Waals surface area (Å²) in [6, 6.07) is 8.66. The van der Waals surface area contributed by atoms with E-state index in [1.807, 2.05) is 18.3 Å². The van der Waals surface area contributed by atoms with Gasteiger partial charge < -0.3 is 14.8 Å². The highest BCUT2D eigenvalue weighted by molar-refractivity contribution is 5.29. The highest BCUT2D eigenvalue weighted by Gasteiger charge is 2.23. The number of nitrogens with zero attached hydrogens (tertiary/aromatic N) is 2. The number of methoxy groups -OCH3 is 1. The number of benzene rings is 1. The first kappa shape index (κ1) is 17.0. The minimum atomic E-state index is 0.395. The van der Waals surface area contributed by atoms with Crippen LogP contribution in [0.4, 0.5) is 0 Å². The van der Waals surface area contributed by atoms with Crippen molar-refractivity contribution < 1.29 is 9.47 Å². The van der Waals surface area contributed by atoms with Gasteiger partial charge in [0.1, 0.15) is 12.4 Å². The molecular formula is C19H27N3O2. The molecule has 0 saturated carbocycles. The number of fused-ring (bicyclic) bond motifs is 1. The van der Waals surface area contributed by atoms with Gasteiger partial charge in [0.2, 0.25) is 0 Å². The predicted molar refractivity (Wildman–Crippen MR) is 94.2 cm³/mol. The van der Waals surface area contributed by atoms with Gasteiger partial charge in [-0.2, -0.15) is 5.10 Å². The van der Waals surface area contributed by atoms with Gasteiger partial charge >= 0.3 is 0 Å². The molecule has 0 amide bonds. The zero-order valence-corrected chi connectivity index (χ0v) is 14.6. The quantitative estimate of drug-likeness (QED) is 0.756. The summed E-state index contributed by atoms with van der Waals surface area (Å²) in [6.45, 7) is 5.12. The van der Waals surface area contributed by atoms with E-state index in [9.17, 15) is 0 Å². The molecule has 24 heavy (non-hydrogen) atoms. The molecule has 1 aromatic heterocycles. The molecule has 5 nitrogen and oxygen atoms in total. The predicted octanol–water partition coefficient (Wildman–Crippen LogP) is 3.10. The van der Waals surface area contributed by atoms with Crippen LogP contribution in [-0.2, 0) is 24.2 Å². The molecule has 130 valence electrons. The lowest BCUT2D eigenvalue weighted by atomic mass is 9.93. The summed E-state index contributed by atoms with van der Waals surface area (Å²) in [4.78, 5) is 0.